The SMILES string of the molecule is CC[C@H](C)[C@@H]([C@@H](CC(=O)N1CCCC1[C@H](OC)[C@@H](C)C(=O)N[C@H](C)[C@@H](O)c1ccccc1)OC)N(C)C(=O)[C@@H](NC(=O)[C@H](C(C)C)N(C)C(=O)OCc1ccc(O[C@H]2O[C@@H](C(=O)O)[C@H](O)[C@@H](O)[C@@H]2O)c(NC(=O)CCN)c1)C(C)C. The first-order valence-corrected chi connectivity index (χ1v) is 27.3. The van der Waals surface area contributed by atoms with Crippen LogP contribution in [0.1, 0.15) is 105 Å². The molecule has 0 spiro atoms. The normalized spacial score (nSPS) is 22.6. The number of carbonyl (C=O) groups is 7. The first-order valence-electron chi connectivity index (χ1n) is 27.3. The molecule has 2 aliphatic rings. The zero-order chi connectivity index (χ0) is 59.9. The molecule has 24 heteroatoms. The van der Waals surface area contributed by atoms with Gasteiger partial charge in [-0.1, -0.05) is 91.3 Å². The summed E-state index contributed by atoms with van der Waals surface area (Å²) in [6, 6.07) is 9.20. The fraction of sp³-hybridized carbons (Fsp3) is 0.661. The predicted octanol–water partition coefficient (Wildman–Crippen LogP) is 2.14. The highest BCUT2D eigenvalue weighted by molar-refractivity contribution is 5.93. The molecular formula is C56H87N7O17. The van der Waals surface area contributed by atoms with E-state index in [1.165, 1.54) is 44.4 Å². The molecule has 2 heterocycles. The number of aliphatic hydroxyl groups excluding tert-OH is 4. The summed E-state index contributed by atoms with van der Waals surface area (Å²) < 4.78 is 28.6. The van der Waals surface area contributed by atoms with E-state index in [-0.39, 0.29) is 48.6 Å². The Bertz CT molecular complexity index is 2380. The first-order chi connectivity index (χ1) is 37.7. The standard InChI is InChI=1S/C56H87N7O17/c1-13-31(6)44(39(76-11)27-41(65)63-25-17-20-37(63)49(77-12)32(7)51(70)58-33(8)45(66)35-18-15-14-16-19-35)61(9)53(72)42(29(2)3)60-52(71)43(30(4)5)62(10)56(75)78-28-34-21-22-38(36(26-34)59-40(64)23-24-57)79-55-48(69)46(67)47(68)50(80-55)54(73)74/h14-16,18-19,21-22,26,29-33,37,39,42-50,55,66-69H,13,17,20,23-25,27-28,57H2,1-12H3,(H,58,70)(H,59,64)(H,60,71)(H,73,74)/t31-,32+,33+,37?,39+,42-,43-,44-,45+,46+,47+,48-,49+,50+,55-/m0/s1. The van der Waals surface area contributed by atoms with E-state index in [0.29, 0.717) is 36.9 Å². The second-order valence-corrected chi connectivity index (χ2v) is 21.6. The fourth-order valence-electron chi connectivity index (χ4n) is 10.4. The highest BCUT2D eigenvalue weighted by atomic mass is 16.7. The van der Waals surface area contributed by atoms with Crippen LogP contribution in [-0.2, 0) is 54.3 Å². The second kappa shape index (κ2) is 30.7. The average Bonchev–Trinajstić information content (AvgIpc) is 3.91. The van der Waals surface area contributed by atoms with Crippen LogP contribution in [0.5, 0.6) is 5.75 Å². The average molecular weight is 1130 g/mol. The summed E-state index contributed by atoms with van der Waals surface area (Å²) in [5.74, 6) is -5.83. The molecule has 2 aromatic carbocycles. The van der Waals surface area contributed by atoms with Crippen molar-refractivity contribution in [3.05, 3.63) is 59.7 Å². The molecule has 0 radical (unpaired) electrons. The van der Waals surface area contributed by atoms with Crippen LogP contribution in [0.25, 0.3) is 0 Å². The van der Waals surface area contributed by atoms with Crippen LogP contribution in [-0.4, -0.2) is 196 Å². The highest BCUT2D eigenvalue weighted by Gasteiger charge is 2.49. The molecule has 6 amide bonds. The van der Waals surface area contributed by atoms with Gasteiger partial charge in [0.25, 0.3) is 0 Å². The Balaban J connectivity index is 1.47. The summed E-state index contributed by atoms with van der Waals surface area (Å²) in [6.07, 6.45) is -11.3. The smallest absolute Gasteiger partial charge is 0.410 e. The number of nitrogens with two attached hydrogens (primary N) is 1. The second-order valence-electron chi connectivity index (χ2n) is 21.6. The van der Waals surface area contributed by atoms with Crippen molar-refractivity contribution in [3.63, 3.8) is 0 Å². The Morgan fingerprint density at radius 2 is 1.51 bits per heavy atom. The van der Waals surface area contributed by atoms with Crippen molar-refractivity contribution < 1.29 is 82.8 Å². The van der Waals surface area contributed by atoms with E-state index in [0.717, 1.165) is 4.90 Å². The number of carboxylic acids is 1. The van der Waals surface area contributed by atoms with E-state index >= 15 is 0 Å². The topological polar surface area (TPSA) is 339 Å². The molecule has 0 bridgehead atoms. The number of likely N-dealkylation sites (N-methyl/N-ethyl adjacent to an activating group) is 2. The monoisotopic (exact) mass is 1130 g/mol. The van der Waals surface area contributed by atoms with E-state index in [9.17, 15) is 59.1 Å². The third-order valence-corrected chi connectivity index (χ3v) is 15.2. The summed E-state index contributed by atoms with van der Waals surface area (Å²) in [4.78, 5) is 99.7. The molecule has 0 saturated carbocycles. The fourth-order valence-corrected chi connectivity index (χ4v) is 10.4. The maximum Gasteiger partial charge on any atom is 0.410 e. The van der Waals surface area contributed by atoms with E-state index < -0.39 is 133 Å². The molecule has 24 nitrogen and oxygen atoms in total. The molecule has 0 aliphatic carbocycles. The Morgan fingerprint density at radius 1 is 0.850 bits per heavy atom. The van der Waals surface area contributed by atoms with E-state index in [2.05, 4.69) is 16.0 Å². The van der Waals surface area contributed by atoms with E-state index in [4.69, 9.17) is 29.4 Å². The first kappa shape index (κ1) is 66.5. The minimum Gasteiger partial charge on any atom is -0.479 e. The van der Waals surface area contributed by atoms with Gasteiger partial charge in [-0.05, 0) is 60.8 Å². The van der Waals surface area contributed by atoms with Gasteiger partial charge in [-0.2, -0.15) is 0 Å². The van der Waals surface area contributed by atoms with Crippen LogP contribution in [0.2, 0.25) is 0 Å². The molecule has 80 heavy (non-hydrogen) atoms. The number of hydrogen-bond acceptors (Lipinski definition) is 17. The van der Waals surface area contributed by atoms with Gasteiger partial charge in [0.15, 0.2) is 6.10 Å². The molecule has 2 aliphatic heterocycles. The Kier molecular flexibility index (Phi) is 25.5. The van der Waals surface area contributed by atoms with Crippen LogP contribution in [0.4, 0.5) is 10.5 Å². The number of hydrogen-bond donors (Lipinski definition) is 9. The molecule has 10 N–H and O–H groups in total. The van der Waals surface area contributed by atoms with Crippen LogP contribution >= 0.6 is 0 Å². The number of ether oxygens (including phenoxy) is 5. The van der Waals surface area contributed by atoms with Crippen molar-refractivity contribution in [2.45, 2.75) is 173 Å². The van der Waals surface area contributed by atoms with Crippen molar-refractivity contribution in [2.24, 2.45) is 29.4 Å². The number of nitrogens with one attached hydrogen (secondary N) is 3. The van der Waals surface area contributed by atoms with Gasteiger partial charge in [-0.15, -0.1) is 0 Å². The number of anilines is 1. The molecular weight excluding hydrogens is 1040 g/mol. The molecule has 2 fully saturated rings. The largest absolute Gasteiger partial charge is 0.479 e. The molecule has 2 saturated heterocycles. The quantitative estimate of drug-likeness (QED) is 0.0589. The minimum atomic E-state index is -1.97. The lowest BCUT2D eigenvalue weighted by atomic mass is 9.89. The van der Waals surface area contributed by atoms with Gasteiger partial charge in [0.1, 0.15) is 42.8 Å². The number of carboxylic acid groups (broad SMARTS) is 1. The zero-order valence-electron chi connectivity index (χ0n) is 48.1. The summed E-state index contributed by atoms with van der Waals surface area (Å²) in [6.45, 7) is 14.4. The maximum atomic E-state index is 14.7. The van der Waals surface area contributed by atoms with Crippen molar-refractivity contribution in [1.29, 1.82) is 0 Å². The molecule has 4 rings (SSSR count). The Hall–Kier alpha value is -5.99. The van der Waals surface area contributed by atoms with Crippen LogP contribution in [0, 0.1) is 23.7 Å². The molecule has 0 aromatic heterocycles. The van der Waals surface area contributed by atoms with Crippen molar-refractivity contribution in [3.8, 4) is 5.75 Å². The number of rotatable bonds is 28. The number of amides is 6. The number of nitrogens with zero attached hydrogens (tertiary/aromatic N) is 3. The van der Waals surface area contributed by atoms with Gasteiger partial charge in [0, 0.05) is 47.8 Å². The molecule has 15 atom stereocenters. The van der Waals surface area contributed by atoms with Crippen molar-refractivity contribution in [2.75, 3.05) is 46.7 Å². The lowest BCUT2D eigenvalue weighted by Gasteiger charge is -2.41. The molecule has 1 unspecified atom stereocenters. The summed E-state index contributed by atoms with van der Waals surface area (Å²) in [5, 5.41) is 59.8. The van der Waals surface area contributed by atoms with Gasteiger partial charge in [0.2, 0.25) is 35.8 Å². The number of aliphatic carboxylic acids is 1. The zero-order valence-corrected chi connectivity index (χ0v) is 48.1. The number of methoxy groups -OCH3 is 2. The van der Waals surface area contributed by atoms with Crippen molar-refractivity contribution in [1.82, 2.24) is 25.3 Å². The lowest BCUT2D eigenvalue weighted by molar-refractivity contribution is -0.271. The van der Waals surface area contributed by atoms with E-state index in [1.54, 1.807) is 65.6 Å². The number of benzene rings is 2. The van der Waals surface area contributed by atoms with Gasteiger partial charge in [-0.25, -0.2) is 9.59 Å². The van der Waals surface area contributed by atoms with Crippen LogP contribution in [0.15, 0.2) is 48.5 Å². The Labute approximate surface area is 468 Å². The third kappa shape index (κ3) is 16.8. The predicted molar refractivity (Wildman–Crippen MR) is 292 cm³/mol. The highest BCUT2D eigenvalue weighted by Crippen LogP contribution is 2.33. The maximum absolute atomic E-state index is 14.7. The molecule has 448 valence electrons. The minimum absolute atomic E-state index is 0.0190. The number of likely N-dealkylation sites (tertiary alicyclic amines) is 1. The van der Waals surface area contributed by atoms with Gasteiger partial charge >= 0.3 is 12.1 Å². The number of aliphatic hydroxyl groups is 4. The third-order valence-electron chi connectivity index (χ3n) is 15.2. The van der Waals surface area contributed by atoms with E-state index in [1.807, 2.05) is 32.0 Å². The van der Waals surface area contributed by atoms with Crippen LogP contribution in [0.3, 0.4) is 0 Å². The van der Waals surface area contributed by atoms with Gasteiger partial charge < -0.3 is 80.7 Å². The summed E-state index contributed by atoms with van der Waals surface area (Å²) in [7, 11) is 5.97. The molecule has 2 aromatic rings. The summed E-state index contributed by atoms with van der Waals surface area (Å²) in [5.41, 5.74) is 6.50. The van der Waals surface area contributed by atoms with Crippen molar-refractivity contribution >= 4 is 47.3 Å². The van der Waals surface area contributed by atoms with Crippen LogP contribution < -0.4 is 26.4 Å². The van der Waals surface area contributed by atoms with Gasteiger partial charge in [0.05, 0.1) is 54.5 Å². The lowest BCUT2D eigenvalue weighted by Crippen LogP contribution is -2.61. The summed E-state index contributed by atoms with van der Waals surface area (Å²) >= 11 is 0. The van der Waals surface area contributed by atoms with Gasteiger partial charge in [-0.3, -0.25) is 28.9 Å². The number of carbonyl (C=O) groups excluding carboxylic acids is 6. The Morgan fingerprint density at radius 3 is 2.09 bits per heavy atom.